The Kier molecular flexibility index (Phi) is 5.55. The van der Waals surface area contributed by atoms with Gasteiger partial charge in [-0.2, -0.15) is 0 Å². The first-order valence-electron chi connectivity index (χ1n) is 9.59. The summed E-state index contributed by atoms with van der Waals surface area (Å²) < 4.78 is 39.9. The van der Waals surface area contributed by atoms with Crippen LogP contribution in [0, 0.1) is 0 Å². The minimum absolute atomic E-state index is 0.134. The lowest BCUT2D eigenvalue weighted by Crippen LogP contribution is -2.29. The number of H-pyrrole nitrogens is 1. The molecule has 0 saturated carbocycles. The SMILES string of the molecule is CCC(NS(=O)(=O)c1ccc2c(c1)OCCCO2)c1ncc(-c2ccccc2)[nH]1. The Morgan fingerprint density at radius 1 is 1.10 bits per heavy atom. The van der Waals surface area contributed by atoms with Crippen molar-refractivity contribution in [3.05, 3.63) is 60.6 Å². The molecule has 8 heteroatoms. The van der Waals surface area contributed by atoms with Crippen molar-refractivity contribution in [2.24, 2.45) is 0 Å². The molecular weight excluding hydrogens is 390 g/mol. The molecule has 2 heterocycles. The summed E-state index contributed by atoms with van der Waals surface area (Å²) in [6, 6.07) is 14.0. The molecule has 0 amide bonds. The maximum atomic E-state index is 13.0. The van der Waals surface area contributed by atoms with Crippen molar-refractivity contribution in [1.82, 2.24) is 14.7 Å². The van der Waals surface area contributed by atoms with Crippen LogP contribution in [0.15, 0.2) is 59.6 Å². The molecule has 3 aromatic rings. The third-order valence-electron chi connectivity index (χ3n) is 4.75. The number of hydrogen-bond acceptors (Lipinski definition) is 5. The Hall–Kier alpha value is -2.84. The molecule has 1 atom stereocenters. The molecule has 1 aromatic heterocycles. The molecular formula is C21H23N3O4S. The first-order chi connectivity index (χ1) is 14.1. The Morgan fingerprint density at radius 2 is 1.86 bits per heavy atom. The number of sulfonamides is 1. The van der Waals surface area contributed by atoms with Crippen molar-refractivity contribution in [2.75, 3.05) is 13.2 Å². The van der Waals surface area contributed by atoms with Crippen LogP contribution in [0.4, 0.5) is 0 Å². The predicted molar refractivity (Wildman–Crippen MR) is 109 cm³/mol. The molecule has 4 rings (SSSR count). The second-order valence-corrected chi connectivity index (χ2v) is 8.50. The number of nitrogens with one attached hydrogen (secondary N) is 2. The second kappa shape index (κ2) is 8.26. The monoisotopic (exact) mass is 413 g/mol. The van der Waals surface area contributed by atoms with E-state index in [-0.39, 0.29) is 4.90 Å². The van der Waals surface area contributed by atoms with E-state index in [1.165, 1.54) is 12.1 Å². The van der Waals surface area contributed by atoms with Gasteiger partial charge < -0.3 is 14.5 Å². The van der Waals surface area contributed by atoms with Gasteiger partial charge in [-0.3, -0.25) is 0 Å². The summed E-state index contributed by atoms with van der Waals surface area (Å²) >= 11 is 0. The number of aromatic amines is 1. The van der Waals surface area contributed by atoms with Crippen LogP contribution >= 0.6 is 0 Å². The van der Waals surface area contributed by atoms with Crippen LogP contribution in [0.3, 0.4) is 0 Å². The van der Waals surface area contributed by atoms with E-state index in [9.17, 15) is 8.42 Å². The molecule has 29 heavy (non-hydrogen) atoms. The fraction of sp³-hybridized carbons (Fsp3) is 0.286. The molecule has 2 aromatic carbocycles. The van der Waals surface area contributed by atoms with Gasteiger partial charge in [-0.05, 0) is 24.1 Å². The molecule has 152 valence electrons. The van der Waals surface area contributed by atoms with Gasteiger partial charge in [0.25, 0.3) is 0 Å². The molecule has 0 spiro atoms. The van der Waals surface area contributed by atoms with Gasteiger partial charge in [0.15, 0.2) is 11.5 Å². The fourth-order valence-electron chi connectivity index (χ4n) is 3.18. The molecule has 7 nitrogen and oxygen atoms in total. The standard InChI is InChI=1S/C21H23N3O4S/c1-2-17(21-22-14-18(23-21)15-7-4-3-5-8-15)24-29(25,26)16-9-10-19-20(13-16)28-12-6-11-27-19/h3-5,7-10,13-14,17,24H,2,6,11-12H2,1H3,(H,22,23). The fourth-order valence-corrected chi connectivity index (χ4v) is 4.48. The minimum atomic E-state index is -3.77. The van der Waals surface area contributed by atoms with Gasteiger partial charge in [-0.1, -0.05) is 37.3 Å². The van der Waals surface area contributed by atoms with Crippen LogP contribution in [0.25, 0.3) is 11.3 Å². The molecule has 1 unspecified atom stereocenters. The summed E-state index contributed by atoms with van der Waals surface area (Å²) in [6.45, 7) is 2.96. The Bertz CT molecular complexity index is 1080. The highest BCUT2D eigenvalue weighted by Crippen LogP contribution is 2.32. The minimum Gasteiger partial charge on any atom is -0.490 e. The van der Waals surface area contributed by atoms with Crippen LogP contribution in [0.2, 0.25) is 0 Å². The highest BCUT2D eigenvalue weighted by Gasteiger charge is 2.24. The smallest absolute Gasteiger partial charge is 0.241 e. The lowest BCUT2D eigenvalue weighted by molar-refractivity contribution is 0.297. The van der Waals surface area contributed by atoms with Crippen molar-refractivity contribution in [3.8, 4) is 22.8 Å². The van der Waals surface area contributed by atoms with E-state index in [1.54, 1.807) is 12.3 Å². The third kappa shape index (κ3) is 4.28. The van der Waals surface area contributed by atoms with Gasteiger partial charge >= 0.3 is 0 Å². The van der Waals surface area contributed by atoms with Crippen molar-refractivity contribution < 1.29 is 17.9 Å². The molecule has 0 bridgehead atoms. The van der Waals surface area contributed by atoms with Crippen molar-refractivity contribution in [2.45, 2.75) is 30.7 Å². The average molecular weight is 413 g/mol. The predicted octanol–water partition coefficient (Wildman–Crippen LogP) is 3.67. The zero-order valence-electron chi connectivity index (χ0n) is 16.1. The number of hydrogen-bond donors (Lipinski definition) is 2. The van der Waals surface area contributed by atoms with E-state index in [4.69, 9.17) is 9.47 Å². The van der Waals surface area contributed by atoms with Gasteiger partial charge in [0.1, 0.15) is 5.82 Å². The first-order valence-corrected chi connectivity index (χ1v) is 11.1. The van der Waals surface area contributed by atoms with Crippen LogP contribution in [-0.4, -0.2) is 31.6 Å². The van der Waals surface area contributed by atoms with Gasteiger partial charge in [-0.25, -0.2) is 18.1 Å². The van der Waals surface area contributed by atoms with E-state index >= 15 is 0 Å². The Labute approximate surface area is 170 Å². The number of aromatic nitrogens is 2. The van der Waals surface area contributed by atoms with Crippen molar-refractivity contribution in [3.63, 3.8) is 0 Å². The molecule has 1 aliphatic heterocycles. The Balaban J connectivity index is 1.57. The summed E-state index contributed by atoms with van der Waals surface area (Å²) in [5.41, 5.74) is 1.83. The van der Waals surface area contributed by atoms with Gasteiger partial charge in [0, 0.05) is 12.5 Å². The summed E-state index contributed by atoms with van der Waals surface area (Å²) in [5.74, 6) is 1.58. The summed E-state index contributed by atoms with van der Waals surface area (Å²) in [5, 5.41) is 0. The number of ether oxygens (including phenoxy) is 2. The number of fused-ring (bicyclic) bond motifs is 1. The average Bonchev–Trinajstić information content (AvgIpc) is 3.11. The van der Waals surface area contributed by atoms with Crippen LogP contribution < -0.4 is 14.2 Å². The van der Waals surface area contributed by atoms with Crippen molar-refractivity contribution in [1.29, 1.82) is 0 Å². The topological polar surface area (TPSA) is 93.3 Å². The van der Waals surface area contributed by atoms with Gasteiger partial charge in [0.05, 0.1) is 36.0 Å². The highest BCUT2D eigenvalue weighted by molar-refractivity contribution is 7.89. The summed E-state index contributed by atoms with van der Waals surface area (Å²) in [4.78, 5) is 7.76. The molecule has 0 saturated heterocycles. The normalized spacial score (nSPS) is 14.9. The van der Waals surface area contributed by atoms with E-state index in [0.29, 0.717) is 37.0 Å². The van der Waals surface area contributed by atoms with E-state index in [1.807, 2.05) is 37.3 Å². The quantitative estimate of drug-likeness (QED) is 0.643. The van der Waals surface area contributed by atoms with E-state index in [0.717, 1.165) is 17.7 Å². The van der Waals surface area contributed by atoms with E-state index < -0.39 is 16.1 Å². The number of nitrogens with zero attached hydrogens (tertiary/aromatic N) is 1. The molecule has 1 aliphatic rings. The Morgan fingerprint density at radius 3 is 2.62 bits per heavy atom. The second-order valence-electron chi connectivity index (χ2n) is 6.79. The van der Waals surface area contributed by atoms with Gasteiger partial charge in [-0.15, -0.1) is 0 Å². The maximum absolute atomic E-state index is 13.0. The van der Waals surface area contributed by atoms with E-state index in [2.05, 4.69) is 14.7 Å². The molecule has 0 fully saturated rings. The summed E-state index contributed by atoms with van der Waals surface area (Å²) in [6.07, 6.45) is 3.02. The summed E-state index contributed by atoms with van der Waals surface area (Å²) in [7, 11) is -3.77. The zero-order chi connectivity index (χ0) is 20.3. The lowest BCUT2D eigenvalue weighted by atomic mass is 10.2. The first kappa shape index (κ1) is 19.5. The molecule has 0 aliphatic carbocycles. The van der Waals surface area contributed by atoms with Crippen LogP contribution in [0.5, 0.6) is 11.5 Å². The van der Waals surface area contributed by atoms with Gasteiger partial charge in [0.2, 0.25) is 10.0 Å². The number of imidazole rings is 1. The zero-order valence-corrected chi connectivity index (χ0v) is 16.9. The molecule has 0 radical (unpaired) electrons. The lowest BCUT2D eigenvalue weighted by Gasteiger charge is -2.16. The largest absolute Gasteiger partial charge is 0.490 e. The third-order valence-corrected chi connectivity index (χ3v) is 6.21. The highest BCUT2D eigenvalue weighted by atomic mass is 32.2. The number of rotatable bonds is 6. The van der Waals surface area contributed by atoms with Crippen LogP contribution in [-0.2, 0) is 10.0 Å². The number of benzene rings is 2. The van der Waals surface area contributed by atoms with Crippen LogP contribution in [0.1, 0.15) is 31.6 Å². The van der Waals surface area contributed by atoms with Crippen molar-refractivity contribution >= 4 is 10.0 Å². The molecule has 2 N–H and O–H groups in total. The maximum Gasteiger partial charge on any atom is 0.241 e.